The van der Waals surface area contributed by atoms with Crippen molar-refractivity contribution in [2.24, 2.45) is 0 Å². The fraction of sp³-hybridized carbons (Fsp3) is 0.444. The lowest BCUT2D eigenvalue weighted by atomic mass is 9.74. The molecule has 3 aliphatic rings. The Labute approximate surface area is 199 Å². The van der Waals surface area contributed by atoms with Gasteiger partial charge in [0.25, 0.3) is 0 Å². The highest BCUT2D eigenvalue weighted by atomic mass is 16.5. The Morgan fingerprint density at radius 1 is 1.00 bits per heavy atom. The quantitative estimate of drug-likeness (QED) is 0.640. The van der Waals surface area contributed by atoms with Crippen molar-refractivity contribution < 1.29 is 24.2 Å². The number of nitrogens with zero attached hydrogens (tertiary/aromatic N) is 1. The van der Waals surface area contributed by atoms with Crippen molar-refractivity contribution in [1.82, 2.24) is 10.2 Å². The summed E-state index contributed by atoms with van der Waals surface area (Å²) in [5.41, 5.74) is 4.06. The highest BCUT2D eigenvalue weighted by molar-refractivity contribution is 5.81. The fourth-order valence-corrected chi connectivity index (χ4v) is 5.77. The van der Waals surface area contributed by atoms with Gasteiger partial charge in [-0.05, 0) is 54.4 Å². The molecule has 2 amide bonds. The van der Waals surface area contributed by atoms with Gasteiger partial charge in [-0.2, -0.15) is 0 Å². The molecule has 5 rings (SSSR count). The number of rotatable bonds is 7. The van der Waals surface area contributed by atoms with Gasteiger partial charge in [0.1, 0.15) is 6.61 Å². The Morgan fingerprint density at radius 2 is 1.65 bits per heavy atom. The Bertz CT molecular complexity index is 1060. The number of likely N-dealkylation sites (tertiary alicyclic amines) is 1. The van der Waals surface area contributed by atoms with Crippen LogP contribution in [-0.4, -0.2) is 52.7 Å². The second-order valence-electron chi connectivity index (χ2n) is 9.74. The number of aliphatic carboxylic acids is 1. The maximum Gasteiger partial charge on any atom is 0.407 e. The molecule has 1 saturated heterocycles. The lowest BCUT2D eigenvalue weighted by Crippen LogP contribution is -2.56. The third-order valence-corrected chi connectivity index (χ3v) is 7.62. The van der Waals surface area contributed by atoms with E-state index in [1.807, 2.05) is 24.3 Å². The third kappa shape index (κ3) is 4.27. The van der Waals surface area contributed by atoms with Crippen LogP contribution < -0.4 is 5.32 Å². The monoisotopic (exact) mass is 462 g/mol. The predicted molar refractivity (Wildman–Crippen MR) is 126 cm³/mol. The first-order valence-electron chi connectivity index (χ1n) is 12.1. The van der Waals surface area contributed by atoms with Crippen molar-refractivity contribution in [3.05, 3.63) is 59.7 Å². The van der Waals surface area contributed by atoms with E-state index in [-0.39, 0.29) is 37.3 Å². The molecule has 2 aromatic carbocycles. The van der Waals surface area contributed by atoms with Crippen molar-refractivity contribution >= 4 is 18.0 Å². The highest BCUT2D eigenvalue weighted by Crippen LogP contribution is 2.44. The van der Waals surface area contributed by atoms with Crippen LogP contribution in [0.3, 0.4) is 0 Å². The zero-order chi connectivity index (χ0) is 23.7. The minimum Gasteiger partial charge on any atom is -0.481 e. The number of fused-ring (bicyclic) bond motifs is 3. The number of ether oxygens (including phenoxy) is 1. The van der Waals surface area contributed by atoms with Crippen molar-refractivity contribution in [3.8, 4) is 11.1 Å². The number of alkyl carbamates (subject to hydrolysis) is 1. The summed E-state index contributed by atoms with van der Waals surface area (Å²) in [6, 6.07) is 16.1. The van der Waals surface area contributed by atoms with Gasteiger partial charge >= 0.3 is 12.1 Å². The van der Waals surface area contributed by atoms with Crippen LogP contribution in [0, 0.1) is 0 Å². The molecule has 1 aliphatic heterocycles. The van der Waals surface area contributed by atoms with Crippen LogP contribution in [0.2, 0.25) is 0 Å². The Hall–Kier alpha value is -3.35. The van der Waals surface area contributed by atoms with Gasteiger partial charge in [-0.3, -0.25) is 9.59 Å². The number of carboxylic acid groups (broad SMARTS) is 1. The van der Waals surface area contributed by atoms with Gasteiger partial charge in [-0.15, -0.1) is 0 Å². The van der Waals surface area contributed by atoms with Crippen molar-refractivity contribution in [3.63, 3.8) is 0 Å². The molecule has 178 valence electrons. The van der Waals surface area contributed by atoms with E-state index >= 15 is 0 Å². The van der Waals surface area contributed by atoms with E-state index in [0.717, 1.165) is 36.8 Å². The number of carbonyl (C=O) groups is 3. The van der Waals surface area contributed by atoms with Crippen LogP contribution in [0.1, 0.15) is 62.0 Å². The number of amides is 2. The van der Waals surface area contributed by atoms with E-state index in [0.29, 0.717) is 13.0 Å². The van der Waals surface area contributed by atoms with Crippen LogP contribution in [0.4, 0.5) is 4.79 Å². The molecule has 0 unspecified atom stereocenters. The molecule has 0 bridgehead atoms. The molecule has 2 aromatic rings. The zero-order valence-corrected chi connectivity index (χ0v) is 19.2. The van der Waals surface area contributed by atoms with Gasteiger partial charge in [0.15, 0.2) is 0 Å². The molecule has 0 radical (unpaired) electrons. The van der Waals surface area contributed by atoms with Crippen LogP contribution in [0.15, 0.2) is 48.5 Å². The second-order valence-corrected chi connectivity index (χ2v) is 9.74. The number of hydrogen-bond donors (Lipinski definition) is 2. The van der Waals surface area contributed by atoms with E-state index in [1.165, 1.54) is 11.1 Å². The average molecular weight is 463 g/mol. The first kappa shape index (κ1) is 22.4. The predicted octanol–water partition coefficient (Wildman–Crippen LogP) is 4.30. The Morgan fingerprint density at radius 3 is 2.24 bits per heavy atom. The highest BCUT2D eigenvalue weighted by Gasteiger charge is 2.43. The topological polar surface area (TPSA) is 95.9 Å². The van der Waals surface area contributed by atoms with Crippen molar-refractivity contribution in [1.29, 1.82) is 0 Å². The average Bonchev–Trinajstić information content (AvgIpc) is 3.38. The summed E-state index contributed by atoms with van der Waals surface area (Å²) in [5, 5.41) is 12.1. The molecule has 1 heterocycles. The van der Waals surface area contributed by atoms with E-state index < -0.39 is 17.6 Å². The van der Waals surface area contributed by atoms with Crippen molar-refractivity contribution in [2.45, 2.75) is 62.4 Å². The lowest BCUT2D eigenvalue weighted by Gasteiger charge is -2.42. The summed E-state index contributed by atoms with van der Waals surface area (Å²) in [7, 11) is 0. The molecule has 1 saturated carbocycles. The Kier molecular flexibility index (Phi) is 6.02. The fourth-order valence-electron chi connectivity index (χ4n) is 5.77. The molecule has 2 N–H and O–H groups in total. The number of carboxylic acids is 1. The minimum absolute atomic E-state index is 0.0153. The van der Waals surface area contributed by atoms with Crippen LogP contribution in [0.5, 0.6) is 0 Å². The van der Waals surface area contributed by atoms with Crippen LogP contribution in [-0.2, 0) is 14.3 Å². The van der Waals surface area contributed by atoms with Gasteiger partial charge < -0.3 is 20.1 Å². The van der Waals surface area contributed by atoms with Gasteiger partial charge in [-0.25, -0.2) is 4.79 Å². The third-order valence-electron chi connectivity index (χ3n) is 7.62. The molecular weight excluding hydrogens is 432 g/mol. The lowest BCUT2D eigenvalue weighted by molar-refractivity contribution is -0.140. The molecule has 2 fully saturated rings. The van der Waals surface area contributed by atoms with E-state index in [1.54, 1.807) is 4.90 Å². The first-order chi connectivity index (χ1) is 16.5. The number of carbonyl (C=O) groups excluding carboxylic acids is 2. The first-order valence-corrected chi connectivity index (χ1v) is 12.1. The summed E-state index contributed by atoms with van der Waals surface area (Å²) in [6.07, 6.45) is 3.57. The maximum absolute atomic E-state index is 13.0. The van der Waals surface area contributed by atoms with E-state index in [9.17, 15) is 14.4 Å². The van der Waals surface area contributed by atoms with Gasteiger partial charge in [0.05, 0.1) is 18.4 Å². The van der Waals surface area contributed by atoms with Gasteiger partial charge in [-0.1, -0.05) is 48.5 Å². The molecule has 2 aliphatic carbocycles. The summed E-state index contributed by atoms with van der Waals surface area (Å²) in [4.78, 5) is 38.7. The van der Waals surface area contributed by atoms with Crippen LogP contribution >= 0.6 is 0 Å². The normalized spacial score (nSPS) is 20.2. The standard InChI is InChI=1S/C27H30N2O5/c30-24(29-14-5-7-18(29)15-25(31)32)16-27(12-6-13-27)28-26(33)34-17-23-21-10-3-1-8-19(21)20-9-2-4-11-22(20)23/h1-4,8-11,18,23H,5-7,12-17H2,(H,28,33)(H,31,32)/t18-/m0/s1. The summed E-state index contributed by atoms with van der Waals surface area (Å²) < 4.78 is 5.70. The largest absolute Gasteiger partial charge is 0.481 e. The SMILES string of the molecule is O=C(O)C[C@@H]1CCCN1C(=O)CC1(NC(=O)OCC2c3ccccc3-c3ccccc32)CCC1. The summed E-state index contributed by atoms with van der Waals surface area (Å²) in [5.74, 6) is -0.985. The number of nitrogens with one attached hydrogen (secondary N) is 1. The molecule has 34 heavy (non-hydrogen) atoms. The number of benzene rings is 2. The molecule has 0 aromatic heterocycles. The van der Waals surface area contributed by atoms with Gasteiger partial charge in [0, 0.05) is 18.5 Å². The van der Waals surface area contributed by atoms with Crippen LogP contribution in [0.25, 0.3) is 11.1 Å². The summed E-state index contributed by atoms with van der Waals surface area (Å²) >= 11 is 0. The van der Waals surface area contributed by atoms with Gasteiger partial charge in [0.2, 0.25) is 5.91 Å². The Balaban J connectivity index is 1.21. The smallest absolute Gasteiger partial charge is 0.407 e. The minimum atomic E-state index is -0.889. The molecule has 0 spiro atoms. The molecule has 7 nitrogen and oxygen atoms in total. The molecule has 7 heteroatoms. The molecular formula is C27H30N2O5. The van der Waals surface area contributed by atoms with E-state index in [2.05, 4.69) is 29.6 Å². The zero-order valence-electron chi connectivity index (χ0n) is 19.2. The maximum atomic E-state index is 13.0. The molecule has 1 atom stereocenters. The second kappa shape index (κ2) is 9.12. The summed E-state index contributed by atoms with van der Waals surface area (Å²) in [6.45, 7) is 0.814. The van der Waals surface area contributed by atoms with Crippen molar-refractivity contribution in [2.75, 3.05) is 13.2 Å². The number of hydrogen-bond acceptors (Lipinski definition) is 4. The van der Waals surface area contributed by atoms with E-state index in [4.69, 9.17) is 9.84 Å².